The summed E-state index contributed by atoms with van der Waals surface area (Å²) in [6.07, 6.45) is 5.08. The lowest BCUT2D eigenvalue weighted by molar-refractivity contribution is 0.0680. The van der Waals surface area contributed by atoms with E-state index in [0.717, 1.165) is 36.1 Å². The molecule has 1 saturated carbocycles. The van der Waals surface area contributed by atoms with Crippen molar-refractivity contribution in [3.05, 3.63) is 107 Å². The fourth-order valence-electron chi connectivity index (χ4n) is 5.19. The van der Waals surface area contributed by atoms with Crippen LogP contribution >= 0.6 is 0 Å². The summed E-state index contributed by atoms with van der Waals surface area (Å²) in [5.41, 5.74) is 4.70. The number of benzene rings is 3. The maximum Gasteiger partial charge on any atom is 0.274 e. The Morgan fingerprint density at radius 3 is 2.27 bits per heavy atom. The van der Waals surface area contributed by atoms with E-state index in [1.165, 1.54) is 17.7 Å². The van der Waals surface area contributed by atoms with Gasteiger partial charge in [-0.1, -0.05) is 60.7 Å². The molecule has 1 N–H and O–H groups in total. The van der Waals surface area contributed by atoms with Gasteiger partial charge in [0.2, 0.25) is 10.0 Å². The minimum Gasteiger partial charge on any atom is -0.267 e. The lowest BCUT2D eigenvalue weighted by Crippen LogP contribution is -2.32. The van der Waals surface area contributed by atoms with Crippen LogP contribution in [0.4, 0.5) is 0 Å². The summed E-state index contributed by atoms with van der Waals surface area (Å²) in [6.45, 7) is 3.54. The number of allylic oxidation sites excluding steroid dienone is 1. The van der Waals surface area contributed by atoms with Gasteiger partial charge in [-0.05, 0) is 80.2 Å². The molecule has 0 spiro atoms. The Morgan fingerprint density at radius 2 is 1.62 bits per heavy atom. The average Bonchev–Trinajstić information content (AvgIpc) is 3.29. The van der Waals surface area contributed by atoms with Gasteiger partial charge in [-0.25, -0.2) is 18.1 Å². The predicted molar refractivity (Wildman–Crippen MR) is 146 cm³/mol. The van der Waals surface area contributed by atoms with Crippen molar-refractivity contribution in [3.63, 3.8) is 0 Å². The van der Waals surface area contributed by atoms with E-state index in [2.05, 4.69) is 22.9 Å². The second-order valence-corrected chi connectivity index (χ2v) is 11.6. The Bertz CT molecular complexity index is 1430. The lowest BCUT2D eigenvalue weighted by atomic mass is 9.77. The second kappa shape index (κ2) is 10.4. The average molecular weight is 514 g/mol. The number of amides is 1. The maximum atomic E-state index is 13.8. The van der Waals surface area contributed by atoms with E-state index >= 15 is 0 Å². The van der Waals surface area contributed by atoms with Crippen molar-refractivity contribution in [2.45, 2.75) is 50.1 Å². The summed E-state index contributed by atoms with van der Waals surface area (Å²) >= 11 is 0. The van der Waals surface area contributed by atoms with Crippen molar-refractivity contribution in [2.24, 2.45) is 11.0 Å². The third kappa shape index (κ3) is 5.29. The zero-order chi connectivity index (χ0) is 26.0. The quantitative estimate of drug-likeness (QED) is 0.452. The van der Waals surface area contributed by atoms with E-state index in [-0.39, 0.29) is 28.8 Å². The molecule has 1 amide bonds. The van der Waals surface area contributed by atoms with E-state index in [1.54, 1.807) is 31.0 Å². The second-order valence-electron chi connectivity index (χ2n) is 9.87. The minimum atomic E-state index is -3.64. The van der Waals surface area contributed by atoms with Crippen LogP contribution in [0.25, 0.3) is 6.08 Å². The Hall–Kier alpha value is -3.55. The minimum absolute atomic E-state index is 0.102. The molecule has 2 atom stereocenters. The molecule has 6 nitrogen and oxygen atoms in total. The number of nitrogens with one attached hydrogen (secondary N) is 1. The third-order valence-electron chi connectivity index (χ3n) is 6.79. The third-order valence-corrected chi connectivity index (χ3v) is 8.47. The Balaban J connectivity index is 1.51. The van der Waals surface area contributed by atoms with Crippen molar-refractivity contribution < 1.29 is 13.2 Å². The van der Waals surface area contributed by atoms with Crippen molar-refractivity contribution in [2.75, 3.05) is 0 Å². The Labute approximate surface area is 218 Å². The van der Waals surface area contributed by atoms with Gasteiger partial charge < -0.3 is 0 Å². The first-order chi connectivity index (χ1) is 17.8. The Morgan fingerprint density at radius 1 is 0.973 bits per heavy atom. The molecule has 1 heterocycles. The van der Waals surface area contributed by atoms with Gasteiger partial charge in [0.25, 0.3) is 5.91 Å². The van der Waals surface area contributed by atoms with Crippen molar-refractivity contribution >= 4 is 27.7 Å². The number of carbonyl (C=O) groups is 1. The number of fused-ring (bicyclic) bond motifs is 1. The number of hydrazone groups is 1. The van der Waals surface area contributed by atoms with Gasteiger partial charge in [0, 0.05) is 17.5 Å². The molecule has 1 fully saturated rings. The van der Waals surface area contributed by atoms with Crippen LogP contribution in [0, 0.1) is 5.92 Å². The topological polar surface area (TPSA) is 78.8 Å². The molecule has 37 heavy (non-hydrogen) atoms. The zero-order valence-corrected chi connectivity index (χ0v) is 21.9. The molecule has 1 aliphatic carbocycles. The highest BCUT2D eigenvalue weighted by Crippen LogP contribution is 2.44. The molecule has 7 heteroatoms. The first kappa shape index (κ1) is 25.1. The lowest BCUT2D eigenvalue weighted by Gasteiger charge is -2.29. The summed E-state index contributed by atoms with van der Waals surface area (Å²) in [5, 5.41) is 6.54. The molecular weight excluding hydrogens is 482 g/mol. The summed E-state index contributed by atoms with van der Waals surface area (Å²) in [5.74, 6) is -0.138. The summed E-state index contributed by atoms with van der Waals surface area (Å²) in [6, 6.07) is 25.9. The molecule has 3 aromatic rings. The number of sulfonamides is 1. The molecule has 0 radical (unpaired) electrons. The van der Waals surface area contributed by atoms with E-state index in [0.29, 0.717) is 5.56 Å². The molecule has 0 aromatic heterocycles. The smallest absolute Gasteiger partial charge is 0.267 e. The molecule has 190 valence electrons. The molecule has 5 rings (SSSR count). The number of rotatable bonds is 6. The van der Waals surface area contributed by atoms with E-state index in [9.17, 15) is 13.2 Å². The van der Waals surface area contributed by atoms with Gasteiger partial charge >= 0.3 is 0 Å². The first-order valence-electron chi connectivity index (χ1n) is 12.7. The number of carbonyl (C=O) groups excluding carboxylic acids is 1. The van der Waals surface area contributed by atoms with Crippen molar-refractivity contribution in [1.82, 2.24) is 9.73 Å². The van der Waals surface area contributed by atoms with E-state index in [4.69, 9.17) is 5.10 Å². The van der Waals surface area contributed by atoms with Gasteiger partial charge in [-0.2, -0.15) is 5.10 Å². The van der Waals surface area contributed by atoms with Crippen LogP contribution in [0.2, 0.25) is 0 Å². The largest absolute Gasteiger partial charge is 0.274 e. The number of hydrogen-bond donors (Lipinski definition) is 1. The SMILES string of the molecule is CC(C)NS(=O)(=O)c1ccc(C(=O)N2N=C3/C(=C\c4ccccc4)CCCC3C2c2ccccc2)cc1. The zero-order valence-electron chi connectivity index (χ0n) is 21.0. The molecule has 0 saturated heterocycles. The van der Waals surface area contributed by atoms with Crippen LogP contribution < -0.4 is 4.72 Å². The van der Waals surface area contributed by atoms with Gasteiger partial charge in [0.05, 0.1) is 16.6 Å². The van der Waals surface area contributed by atoms with Gasteiger partial charge in [0.15, 0.2) is 0 Å². The first-order valence-corrected chi connectivity index (χ1v) is 14.2. The van der Waals surface area contributed by atoms with Gasteiger partial charge in [-0.3, -0.25) is 4.79 Å². The highest BCUT2D eigenvalue weighted by atomic mass is 32.2. The highest BCUT2D eigenvalue weighted by Gasteiger charge is 2.43. The van der Waals surface area contributed by atoms with Crippen LogP contribution in [-0.4, -0.2) is 31.1 Å². The fourth-order valence-corrected chi connectivity index (χ4v) is 6.44. The van der Waals surface area contributed by atoms with Gasteiger partial charge in [-0.15, -0.1) is 0 Å². The number of nitrogens with zero attached hydrogens (tertiary/aromatic N) is 2. The number of hydrogen-bond acceptors (Lipinski definition) is 4. The van der Waals surface area contributed by atoms with Gasteiger partial charge in [0.1, 0.15) is 0 Å². The normalized spacial score (nSPS) is 20.7. The van der Waals surface area contributed by atoms with Crippen molar-refractivity contribution in [3.8, 4) is 0 Å². The molecular formula is C30H31N3O3S. The van der Waals surface area contributed by atoms with Crippen LogP contribution in [0.15, 0.2) is 100 Å². The summed E-state index contributed by atoms with van der Waals surface area (Å²) in [4.78, 5) is 13.9. The fraction of sp³-hybridized carbons (Fsp3) is 0.267. The van der Waals surface area contributed by atoms with Crippen LogP contribution in [0.1, 0.15) is 60.6 Å². The highest BCUT2D eigenvalue weighted by molar-refractivity contribution is 7.89. The van der Waals surface area contributed by atoms with Crippen molar-refractivity contribution in [1.29, 1.82) is 0 Å². The standard InChI is InChI=1S/C30H31N3O3S/c1-21(2)32-37(35,36)26-18-16-24(17-19-26)30(34)33-29(23-12-7-4-8-13-23)27-15-9-14-25(28(27)31-33)20-22-10-5-3-6-11-22/h3-8,10-13,16-21,27,29,32H,9,14-15H2,1-2H3/b25-20-. The monoisotopic (exact) mass is 513 g/mol. The predicted octanol–water partition coefficient (Wildman–Crippen LogP) is 5.81. The molecule has 2 aliphatic rings. The molecule has 3 aromatic carbocycles. The van der Waals surface area contributed by atoms with E-state index in [1.807, 2.05) is 48.5 Å². The Kier molecular flexibility index (Phi) is 7.09. The van der Waals surface area contributed by atoms with E-state index < -0.39 is 10.0 Å². The van der Waals surface area contributed by atoms with Crippen LogP contribution in [0.3, 0.4) is 0 Å². The molecule has 1 aliphatic heterocycles. The summed E-state index contributed by atoms with van der Waals surface area (Å²) in [7, 11) is -3.64. The maximum absolute atomic E-state index is 13.8. The summed E-state index contributed by atoms with van der Waals surface area (Å²) < 4.78 is 27.7. The van der Waals surface area contributed by atoms with Crippen LogP contribution in [-0.2, 0) is 10.0 Å². The molecule has 2 unspecified atom stereocenters. The molecule has 0 bridgehead atoms. The van der Waals surface area contributed by atoms with Crippen LogP contribution in [0.5, 0.6) is 0 Å².